The smallest absolute Gasteiger partial charge is 0.193 e. The van der Waals surface area contributed by atoms with E-state index >= 15 is 0 Å². The molecule has 0 heterocycles. The first kappa shape index (κ1) is 17.6. The van der Waals surface area contributed by atoms with Crippen molar-refractivity contribution < 1.29 is 9.46 Å². The van der Waals surface area contributed by atoms with Crippen LogP contribution in [-0.4, -0.2) is 16.1 Å². The van der Waals surface area contributed by atoms with Crippen LogP contribution >= 0.6 is 0 Å². The summed E-state index contributed by atoms with van der Waals surface area (Å²) < 4.78 is 5.32. The highest BCUT2D eigenvalue weighted by Crippen LogP contribution is 2.48. The summed E-state index contributed by atoms with van der Waals surface area (Å²) in [7, 11) is 0.518. The van der Waals surface area contributed by atoms with Crippen molar-refractivity contribution in [3.63, 3.8) is 0 Å². The number of hydrogen-bond donors (Lipinski definition) is 0. The van der Waals surface area contributed by atoms with Gasteiger partial charge in [0.2, 0.25) is 0 Å². The third kappa shape index (κ3) is 3.06. The molecule has 0 saturated carbocycles. The Kier molecular flexibility index (Phi) is 5.18. The maximum absolute atomic E-state index is 5.92. The molecule has 0 aromatic heterocycles. The van der Waals surface area contributed by atoms with E-state index in [1.165, 1.54) is 16.7 Å². The second-order valence-corrected chi connectivity index (χ2v) is 6.94. The van der Waals surface area contributed by atoms with Crippen LogP contribution in [0.2, 0.25) is 0 Å². The second-order valence-electron chi connectivity index (χ2n) is 6.61. The van der Waals surface area contributed by atoms with E-state index in [1.807, 2.05) is 18.2 Å². The average molecular weight is 349 g/mol. The summed E-state index contributed by atoms with van der Waals surface area (Å²) >= 11 is 0. The Bertz CT molecular complexity index is 689. The fraction of sp³-hybridized carbons (Fsp3) is 0.182. The highest BCUT2D eigenvalue weighted by molar-refractivity contribution is 5.97. The average Bonchev–Trinajstić information content (AvgIpc) is 2.65. The lowest BCUT2D eigenvalue weighted by Crippen LogP contribution is -2.51. The molecule has 0 aliphatic heterocycles. The van der Waals surface area contributed by atoms with Crippen LogP contribution in [-0.2, 0) is 14.9 Å². The van der Waals surface area contributed by atoms with Gasteiger partial charge in [0, 0.05) is 0 Å². The quantitative estimate of drug-likeness (QED) is 0.290. The number of rotatable bonds is 6. The molecule has 0 spiro atoms. The van der Waals surface area contributed by atoms with E-state index in [4.69, 9.17) is 9.46 Å². The zero-order chi connectivity index (χ0) is 17.8. The molecule has 0 atom stereocenters. The number of hydrogen-bond acceptors (Lipinski definition) is 2. The van der Waals surface area contributed by atoms with Gasteiger partial charge in [-0.2, -0.15) is 0 Å². The molecule has 0 radical (unpaired) electrons. The first-order valence-electron chi connectivity index (χ1n) is 8.51. The van der Waals surface area contributed by atoms with Gasteiger partial charge in [0.05, 0.1) is 5.41 Å². The van der Waals surface area contributed by atoms with Crippen LogP contribution < -0.4 is 0 Å². The zero-order valence-electron chi connectivity index (χ0n) is 15.0. The van der Waals surface area contributed by atoms with Gasteiger partial charge >= 0.3 is 0 Å². The molecule has 0 bridgehead atoms. The third-order valence-corrected chi connectivity index (χ3v) is 4.98. The van der Waals surface area contributed by atoms with E-state index in [0.29, 0.717) is 10.5 Å². The molecule has 128 valence electrons. The van der Waals surface area contributed by atoms with E-state index in [9.17, 15) is 0 Å². The van der Waals surface area contributed by atoms with E-state index in [2.05, 4.69) is 86.6 Å². The van der Waals surface area contributed by atoms with Gasteiger partial charge in [-0.25, -0.2) is 4.89 Å². The van der Waals surface area contributed by atoms with Crippen LogP contribution in [0.4, 0.5) is 0 Å². The Morgan fingerprint density at radius 3 is 1.20 bits per heavy atom. The molecule has 3 aromatic carbocycles. The maximum atomic E-state index is 5.92. The summed E-state index contributed by atoms with van der Waals surface area (Å²) in [5, 5.41) is 0. The van der Waals surface area contributed by atoms with Crippen LogP contribution in [0.5, 0.6) is 0 Å². The molecular formula is C22H24O2Si. The first-order valence-corrected chi connectivity index (χ1v) is 9.33. The molecule has 2 nitrogen and oxygen atoms in total. The molecular weight excluding hydrogens is 324 g/mol. The lowest BCUT2D eigenvalue weighted by atomic mass is 9.60. The number of benzene rings is 3. The van der Waals surface area contributed by atoms with Crippen molar-refractivity contribution in [3.8, 4) is 0 Å². The van der Waals surface area contributed by atoms with Gasteiger partial charge in [-0.05, 0) is 30.5 Å². The Balaban J connectivity index is 2.40. The summed E-state index contributed by atoms with van der Waals surface area (Å²) in [5.74, 6) is 0. The Hall–Kier alpha value is -2.20. The molecule has 0 amide bonds. The van der Waals surface area contributed by atoms with E-state index in [0.717, 1.165) is 0 Å². The summed E-state index contributed by atoms with van der Waals surface area (Å²) in [6.07, 6.45) is 0. The minimum atomic E-state index is -0.612. The minimum absolute atomic E-state index is 0.499. The highest BCUT2D eigenvalue weighted by atomic mass is 28.2. The fourth-order valence-electron chi connectivity index (χ4n) is 3.88. The second kappa shape index (κ2) is 7.36. The Morgan fingerprint density at radius 1 is 0.600 bits per heavy atom. The predicted molar refractivity (Wildman–Crippen MR) is 105 cm³/mol. The van der Waals surface area contributed by atoms with Gasteiger partial charge < -0.3 is 0 Å². The van der Waals surface area contributed by atoms with E-state index in [1.54, 1.807) is 0 Å². The molecule has 0 aliphatic carbocycles. The van der Waals surface area contributed by atoms with E-state index < -0.39 is 11.0 Å². The topological polar surface area (TPSA) is 18.5 Å². The Morgan fingerprint density at radius 2 is 0.920 bits per heavy atom. The van der Waals surface area contributed by atoms with Gasteiger partial charge in [-0.15, -0.1) is 0 Å². The monoisotopic (exact) mass is 348 g/mol. The standard InChI is InChI=1S/C22H24O2Si/c1-21(2,23-24-25)22(18-12-6-3-7-13-18,19-14-8-4-9-15-19)20-16-10-5-11-17-20/h3-17H,1-2,25H3. The summed E-state index contributed by atoms with van der Waals surface area (Å²) in [6, 6.07) is 31.6. The van der Waals surface area contributed by atoms with E-state index in [-0.39, 0.29) is 0 Å². The molecule has 0 saturated heterocycles. The summed E-state index contributed by atoms with van der Waals surface area (Å²) in [4.78, 5) is 5.92. The molecule has 3 heteroatoms. The summed E-state index contributed by atoms with van der Waals surface area (Å²) in [6.45, 7) is 4.19. The van der Waals surface area contributed by atoms with Crippen LogP contribution in [0.3, 0.4) is 0 Å². The van der Waals surface area contributed by atoms with Crippen molar-refractivity contribution in [2.24, 2.45) is 0 Å². The summed E-state index contributed by atoms with van der Waals surface area (Å²) in [5.41, 5.74) is 2.42. The molecule has 0 N–H and O–H groups in total. The largest absolute Gasteiger partial charge is 0.298 e. The van der Waals surface area contributed by atoms with Crippen molar-refractivity contribution in [3.05, 3.63) is 108 Å². The van der Waals surface area contributed by atoms with Gasteiger partial charge in [0.25, 0.3) is 0 Å². The zero-order valence-corrected chi connectivity index (χ0v) is 17.0. The van der Waals surface area contributed by atoms with Crippen molar-refractivity contribution in [1.29, 1.82) is 0 Å². The van der Waals surface area contributed by atoms with Crippen molar-refractivity contribution in [2.75, 3.05) is 0 Å². The maximum Gasteiger partial charge on any atom is 0.193 e. The van der Waals surface area contributed by atoms with Crippen molar-refractivity contribution in [1.82, 2.24) is 0 Å². The van der Waals surface area contributed by atoms with Gasteiger partial charge in [-0.3, -0.25) is 4.58 Å². The third-order valence-electron chi connectivity index (χ3n) is 4.82. The SMILES string of the molecule is CC(C)(OO[SiH3])C(c1ccccc1)(c1ccccc1)c1ccccc1. The van der Waals surface area contributed by atoms with Gasteiger partial charge in [0.15, 0.2) is 10.5 Å². The van der Waals surface area contributed by atoms with Crippen LogP contribution in [0, 0.1) is 0 Å². The molecule has 0 fully saturated rings. The highest BCUT2D eigenvalue weighted by Gasteiger charge is 2.51. The first-order chi connectivity index (χ1) is 12.1. The molecule has 3 rings (SSSR count). The molecule has 25 heavy (non-hydrogen) atoms. The van der Waals surface area contributed by atoms with Crippen molar-refractivity contribution >= 4 is 10.5 Å². The Labute approximate surface area is 152 Å². The predicted octanol–water partition coefficient (Wildman–Crippen LogP) is 4.03. The fourth-order valence-corrected chi connectivity index (χ4v) is 4.29. The molecule has 0 unspecified atom stereocenters. The van der Waals surface area contributed by atoms with Crippen LogP contribution in [0.1, 0.15) is 30.5 Å². The molecule has 0 aliphatic rings. The van der Waals surface area contributed by atoms with Crippen molar-refractivity contribution in [2.45, 2.75) is 24.9 Å². The molecule has 3 aromatic rings. The van der Waals surface area contributed by atoms with Crippen LogP contribution in [0.15, 0.2) is 91.0 Å². The van der Waals surface area contributed by atoms with Gasteiger partial charge in [0.1, 0.15) is 5.60 Å². The lowest BCUT2D eigenvalue weighted by molar-refractivity contribution is -0.292. The minimum Gasteiger partial charge on any atom is -0.298 e. The van der Waals surface area contributed by atoms with Gasteiger partial charge in [-0.1, -0.05) is 91.0 Å². The lowest BCUT2D eigenvalue weighted by Gasteiger charge is -2.46. The van der Waals surface area contributed by atoms with Crippen LogP contribution in [0.25, 0.3) is 0 Å². The normalized spacial score (nSPS) is 12.2.